The van der Waals surface area contributed by atoms with Crippen molar-refractivity contribution in [3.8, 4) is 0 Å². The van der Waals surface area contributed by atoms with Gasteiger partial charge in [-0.05, 0) is 61.7 Å². The van der Waals surface area contributed by atoms with Crippen molar-refractivity contribution >= 4 is 35.0 Å². The Hall–Kier alpha value is -1.32. The second kappa shape index (κ2) is 6.03. The van der Waals surface area contributed by atoms with Gasteiger partial charge in [-0.15, -0.1) is 23.1 Å². The van der Waals surface area contributed by atoms with Gasteiger partial charge in [0, 0.05) is 20.2 Å². The van der Waals surface area contributed by atoms with Crippen LogP contribution < -0.4 is 0 Å². The number of carbonyl (C=O) groups is 1. The Labute approximate surface area is 116 Å². The second-order valence-electron chi connectivity index (χ2n) is 3.87. The number of thiophene rings is 1. The lowest BCUT2D eigenvalue weighted by atomic mass is 10.1. The molecular weight excluding hydrogens is 260 g/mol. The van der Waals surface area contributed by atoms with Crippen LogP contribution in [0.4, 0.5) is 0 Å². The fourth-order valence-corrected chi connectivity index (χ4v) is 2.74. The van der Waals surface area contributed by atoms with Gasteiger partial charge in [-0.1, -0.05) is 0 Å². The Bertz CT molecular complexity index is 564. The van der Waals surface area contributed by atoms with Crippen LogP contribution in [0.25, 0.3) is 6.08 Å². The van der Waals surface area contributed by atoms with Crippen molar-refractivity contribution in [2.45, 2.75) is 11.8 Å². The lowest BCUT2D eigenvalue weighted by Gasteiger charge is -1.98. The molecule has 0 aliphatic heterocycles. The van der Waals surface area contributed by atoms with Crippen molar-refractivity contribution < 1.29 is 4.79 Å². The summed E-state index contributed by atoms with van der Waals surface area (Å²) in [5, 5.41) is 0. The molecule has 0 fully saturated rings. The summed E-state index contributed by atoms with van der Waals surface area (Å²) < 4.78 is 0. The topological polar surface area (TPSA) is 17.1 Å². The molecule has 0 amide bonds. The number of hydrogen-bond donors (Lipinski definition) is 0. The van der Waals surface area contributed by atoms with E-state index in [-0.39, 0.29) is 5.78 Å². The van der Waals surface area contributed by atoms with Gasteiger partial charge in [0.1, 0.15) is 0 Å². The highest BCUT2D eigenvalue weighted by molar-refractivity contribution is 7.98. The highest BCUT2D eigenvalue weighted by Gasteiger charge is 2.01. The predicted octanol–water partition coefficient (Wildman–Crippen LogP) is 4.67. The van der Waals surface area contributed by atoms with E-state index in [9.17, 15) is 4.79 Å². The van der Waals surface area contributed by atoms with E-state index in [1.54, 1.807) is 29.2 Å². The molecule has 1 aromatic carbocycles. The predicted molar refractivity (Wildman–Crippen MR) is 80.6 cm³/mol. The number of carbonyl (C=O) groups excluding carboxylic acids is 1. The minimum absolute atomic E-state index is 0.0497. The quantitative estimate of drug-likeness (QED) is 0.457. The number of ketones is 1. The molecule has 18 heavy (non-hydrogen) atoms. The molecule has 0 spiro atoms. The number of hydrogen-bond acceptors (Lipinski definition) is 3. The smallest absolute Gasteiger partial charge is 0.185 e. The molecule has 0 N–H and O–H groups in total. The fourth-order valence-electron chi connectivity index (χ4n) is 1.55. The van der Waals surface area contributed by atoms with E-state index < -0.39 is 0 Å². The maximum atomic E-state index is 11.9. The SMILES string of the molecule is CSc1ccc(C(=O)C=Cc2ccc(C)s2)cc1. The molecule has 92 valence electrons. The van der Waals surface area contributed by atoms with Gasteiger partial charge in [-0.25, -0.2) is 0 Å². The average Bonchev–Trinajstić information content (AvgIpc) is 2.82. The van der Waals surface area contributed by atoms with Gasteiger partial charge >= 0.3 is 0 Å². The zero-order chi connectivity index (χ0) is 13.0. The van der Waals surface area contributed by atoms with Crippen LogP contribution in [0.1, 0.15) is 20.1 Å². The molecular formula is C15H14OS2. The van der Waals surface area contributed by atoms with Crippen molar-refractivity contribution in [1.29, 1.82) is 0 Å². The summed E-state index contributed by atoms with van der Waals surface area (Å²) in [6, 6.07) is 11.8. The Balaban J connectivity index is 2.09. The van der Waals surface area contributed by atoms with Crippen molar-refractivity contribution in [3.63, 3.8) is 0 Å². The molecule has 0 saturated carbocycles. The molecule has 0 radical (unpaired) electrons. The number of benzene rings is 1. The van der Waals surface area contributed by atoms with Gasteiger partial charge in [0.2, 0.25) is 0 Å². The first kappa shape index (κ1) is 13.1. The number of thioether (sulfide) groups is 1. The van der Waals surface area contributed by atoms with Crippen molar-refractivity contribution in [2.24, 2.45) is 0 Å². The van der Waals surface area contributed by atoms with E-state index in [4.69, 9.17) is 0 Å². The minimum Gasteiger partial charge on any atom is -0.289 e. The number of allylic oxidation sites excluding steroid dienone is 1. The van der Waals surface area contributed by atoms with Crippen LogP contribution in [0.2, 0.25) is 0 Å². The van der Waals surface area contributed by atoms with Crippen molar-refractivity contribution in [1.82, 2.24) is 0 Å². The van der Waals surface area contributed by atoms with Gasteiger partial charge in [-0.2, -0.15) is 0 Å². The van der Waals surface area contributed by atoms with Crippen molar-refractivity contribution in [3.05, 3.63) is 57.8 Å². The summed E-state index contributed by atoms with van der Waals surface area (Å²) in [6.07, 6.45) is 5.54. The zero-order valence-electron chi connectivity index (χ0n) is 10.3. The molecule has 0 atom stereocenters. The molecule has 3 heteroatoms. The Kier molecular flexibility index (Phi) is 4.39. The Morgan fingerprint density at radius 1 is 1.17 bits per heavy atom. The Morgan fingerprint density at radius 3 is 2.44 bits per heavy atom. The summed E-state index contributed by atoms with van der Waals surface area (Å²) in [7, 11) is 0. The molecule has 2 rings (SSSR count). The van der Waals surface area contributed by atoms with E-state index in [1.807, 2.05) is 42.7 Å². The molecule has 0 aliphatic carbocycles. The van der Waals surface area contributed by atoms with Crippen LogP contribution >= 0.6 is 23.1 Å². The second-order valence-corrected chi connectivity index (χ2v) is 6.07. The summed E-state index contributed by atoms with van der Waals surface area (Å²) in [4.78, 5) is 15.5. The maximum Gasteiger partial charge on any atom is 0.185 e. The van der Waals surface area contributed by atoms with Gasteiger partial charge in [0.05, 0.1) is 0 Å². The molecule has 1 heterocycles. The molecule has 0 aliphatic rings. The summed E-state index contributed by atoms with van der Waals surface area (Å²) in [5.41, 5.74) is 0.734. The first-order valence-corrected chi connectivity index (χ1v) is 7.66. The highest BCUT2D eigenvalue weighted by Crippen LogP contribution is 2.18. The lowest BCUT2D eigenvalue weighted by Crippen LogP contribution is -1.93. The average molecular weight is 274 g/mol. The molecule has 1 nitrogen and oxygen atoms in total. The number of rotatable bonds is 4. The third kappa shape index (κ3) is 3.34. The van der Waals surface area contributed by atoms with E-state index in [2.05, 4.69) is 13.0 Å². The largest absolute Gasteiger partial charge is 0.289 e. The molecule has 1 aromatic heterocycles. The van der Waals surface area contributed by atoms with Crippen LogP contribution in [0.3, 0.4) is 0 Å². The third-order valence-corrected chi connectivity index (χ3v) is 4.24. The third-order valence-electron chi connectivity index (χ3n) is 2.53. The Morgan fingerprint density at radius 2 is 1.89 bits per heavy atom. The van der Waals surface area contributed by atoms with Gasteiger partial charge in [0.25, 0.3) is 0 Å². The lowest BCUT2D eigenvalue weighted by molar-refractivity contribution is 0.104. The van der Waals surface area contributed by atoms with E-state index in [0.717, 1.165) is 10.4 Å². The van der Waals surface area contributed by atoms with Crippen LogP contribution in [0.15, 0.2) is 47.4 Å². The van der Waals surface area contributed by atoms with E-state index >= 15 is 0 Å². The summed E-state index contributed by atoms with van der Waals surface area (Å²) in [6.45, 7) is 2.06. The molecule has 0 unspecified atom stereocenters. The van der Waals surface area contributed by atoms with Crippen LogP contribution in [-0.2, 0) is 0 Å². The van der Waals surface area contributed by atoms with Gasteiger partial charge < -0.3 is 0 Å². The van der Waals surface area contributed by atoms with Crippen molar-refractivity contribution in [2.75, 3.05) is 6.26 Å². The monoisotopic (exact) mass is 274 g/mol. The van der Waals surface area contributed by atoms with E-state index in [0.29, 0.717) is 0 Å². The van der Waals surface area contributed by atoms with E-state index in [1.165, 1.54) is 9.77 Å². The maximum absolute atomic E-state index is 11.9. The molecule has 0 saturated heterocycles. The normalized spacial score (nSPS) is 11.0. The summed E-state index contributed by atoms with van der Waals surface area (Å²) in [5.74, 6) is 0.0497. The van der Waals surface area contributed by atoms with Gasteiger partial charge in [0.15, 0.2) is 5.78 Å². The van der Waals surface area contributed by atoms with Crippen LogP contribution in [0.5, 0.6) is 0 Å². The van der Waals surface area contributed by atoms with Gasteiger partial charge in [-0.3, -0.25) is 4.79 Å². The summed E-state index contributed by atoms with van der Waals surface area (Å²) >= 11 is 3.36. The molecule has 0 bridgehead atoms. The number of aryl methyl sites for hydroxylation is 1. The fraction of sp³-hybridized carbons (Fsp3) is 0.133. The minimum atomic E-state index is 0.0497. The van der Waals surface area contributed by atoms with Crippen LogP contribution in [0, 0.1) is 6.92 Å². The molecule has 2 aromatic rings. The van der Waals surface area contributed by atoms with Crippen LogP contribution in [-0.4, -0.2) is 12.0 Å². The first-order valence-electron chi connectivity index (χ1n) is 5.62. The standard InChI is InChI=1S/C15H14OS2/c1-11-3-6-14(18-11)9-10-15(16)12-4-7-13(17-2)8-5-12/h3-10H,1-2H3. The first-order chi connectivity index (χ1) is 8.69. The zero-order valence-corrected chi connectivity index (χ0v) is 12.0. The highest BCUT2D eigenvalue weighted by atomic mass is 32.2.